The molecule has 0 spiro atoms. The molecule has 0 aliphatic carbocycles. The molecule has 2 rings (SSSR count). The van der Waals surface area contributed by atoms with Crippen LogP contribution >= 0.6 is 0 Å². The SMILES string of the molecule is CCN(CC(=O)Nc1c(C)nn(C)c1C)Cc1ccc(OC)c(F)c1. The molecule has 25 heavy (non-hydrogen) atoms. The van der Waals surface area contributed by atoms with E-state index >= 15 is 0 Å². The first-order valence-corrected chi connectivity index (χ1v) is 8.20. The van der Waals surface area contributed by atoms with Gasteiger partial charge in [-0.2, -0.15) is 5.10 Å². The average molecular weight is 348 g/mol. The third-order valence-corrected chi connectivity index (χ3v) is 4.21. The first-order chi connectivity index (χ1) is 11.8. The molecule has 1 aromatic carbocycles. The van der Waals surface area contributed by atoms with E-state index in [9.17, 15) is 9.18 Å². The van der Waals surface area contributed by atoms with Crippen LogP contribution in [0, 0.1) is 19.7 Å². The second-order valence-corrected chi connectivity index (χ2v) is 5.99. The summed E-state index contributed by atoms with van der Waals surface area (Å²) in [7, 11) is 3.28. The highest BCUT2D eigenvalue weighted by Gasteiger charge is 2.15. The zero-order chi connectivity index (χ0) is 18.6. The number of nitrogens with one attached hydrogen (secondary N) is 1. The Kier molecular flexibility index (Phi) is 6.14. The maximum atomic E-state index is 13.8. The molecule has 1 N–H and O–H groups in total. The van der Waals surface area contributed by atoms with Gasteiger partial charge in [-0.15, -0.1) is 0 Å². The maximum absolute atomic E-state index is 13.8. The molecule has 7 heteroatoms. The number of nitrogens with zero attached hydrogens (tertiary/aromatic N) is 3. The summed E-state index contributed by atoms with van der Waals surface area (Å²) >= 11 is 0. The fourth-order valence-corrected chi connectivity index (χ4v) is 2.68. The fourth-order valence-electron chi connectivity index (χ4n) is 2.68. The number of ether oxygens (including phenoxy) is 1. The number of amides is 1. The van der Waals surface area contributed by atoms with E-state index in [-0.39, 0.29) is 18.2 Å². The monoisotopic (exact) mass is 348 g/mol. The molecule has 0 aliphatic heterocycles. The van der Waals surface area contributed by atoms with Crippen LogP contribution in [0.5, 0.6) is 5.75 Å². The summed E-state index contributed by atoms with van der Waals surface area (Å²) in [6.07, 6.45) is 0. The fraction of sp³-hybridized carbons (Fsp3) is 0.444. The third-order valence-electron chi connectivity index (χ3n) is 4.21. The van der Waals surface area contributed by atoms with E-state index in [0.29, 0.717) is 13.1 Å². The van der Waals surface area contributed by atoms with Gasteiger partial charge in [0.25, 0.3) is 0 Å². The normalized spacial score (nSPS) is 11.0. The second-order valence-electron chi connectivity index (χ2n) is 5.99. The molecule has 0 unspecified atom stereocenters. The first kappa shape index (κ1) is 18.9. The van der Waals surface area contributed by atoms with Crippen LogP contribution in [0.1, 0.15) is 23.9 Å². The molecule has 2 aromatic rings. The molecule has 1 aromatic heterocycles. The number of benzene rings is 1. The number of likely N-dealkylation sites (N-methyl/N-ethyl adjacent to an activating group) is 1. The molecule has 0 radical (unpaired) electrons. The summed E-state index contributed by atoms with van der Waals surface area (Å²) in [5.74, 6) is -0.302. The van der Waals surface area contributed by atoms with Crippen molar-refractivity contribution in [3.63, 3.8) is 0 Å². The van der Waals surface area contributed by atoms with Crippen LogP contribution < -0.4 is 10.1 Å². The summed E-state index contributed by atoms with van der Waals surface area (Å²) in [5.41, 5.74) is 3.24. The summed E-state index contributed by atoms with van der Waals surface area (Å²) < 4.78 is 20.5. The molecular formula is C18H25FN4O2. The van der Waals surface area contributed by atoms with Crippen molar-refractivity contribution in [1.29, 1.82) is 0 Å². The van der Waals surface area contributed by atoms with Crippen molar-refractivity contribution in [2.45, 2.75) is 27.3 Å². The highest BCUT2D eigenvalue weighted by Crippen LogP contribution is 2.20. The highest BCUT2D eigenvalue weighted by atomic mass is 19.1. The van der Waals surface area contributed by atoms with Crippen LogP contribution in [-0.2, 0) is 18.4 Å². The van der Waals surface area contributed by atoms with E-state index in [1.54, 1.807) is 16.8 Å². The molecular weight excluding hydrogens is 323 g/mol. The number of carbonyl (C=O) groups is 1. The number of aromatic nitrogens is 2. The van der Waals surface area contributed by atoms with Crippen LogP contribution in [0.2, 0.25) is 0 Å². The number of methoxy groups -OCH3 is 1. The Morgan fingerprint density at radius 3 is 2.64 bits per heavy atom. The minimum Gasteiger partial charge on any atom is -0.494 e. The number of hydrogen-bond acceptors (Lipinski definition) is 4. The van der Waals surface area contributed by atoms with Crippen LogP contribution in [0.15, 0.2) is 18.2 Å². The van der Waals surface area contributed by atoms with Gasteiger partial charge in [0.15, 0.2) is 11.6 Å². The average Bonchev–Trinajstić information content (AvgIpc) is 2.80. The van der Waals surface area contributed by atoms with Crippen molar-refractivity contribution >= 4 is 11.6 Å². The van der Waals surface area contributed by atoms with Gasteiger partial charge in [0.1, 0.15) is 0 Å². The lowest BCUT2D eigenvalue weighted by Gasteiger charge is -2.20. The number of carbonyl (C=O) groups excluding carboxylic acids is 1. The zero-order valence-corrected chi connectivity index (χ0v) is 15.4. The molecule has 136 valence electrons. The largest absolute Gasteiger partial charge is 0.494 e. The molecule has 1 heterocycles. The molecule has 0 fully saturated rings. The van der Waals surface area contributed by atoms with Crippen molar-refractivity contribution in [2.24, 2.45) is 7.05 Å². The van der Waals surface area contributed by atoms with Gasteiger partial charge >= 0.3 is 0 Å². The number of halogens is 1. The van der Waals surface area contributed by atoms with E-state index in [1.165, 1.54) is 13.2 Å². The Labute approximate surface area is 147 Å². The Morgan fingerprint density at radius 2 is 2.12 bits per heavy atom. The van der Waals surface area contributed by atoms with Gasteiger partial charge in [-0.1, -0.05) is 13.0 Å². The topological polar surface area (TPSA) is 59.4 Å². The lowest BCUT2D eigenvalue weighted by Crippen LogP contribution is -2.33. The lowest BCUT2D eigenvalue weighted by atomic mass is 10.2. The van der Waals surface area contributed by atoms with Crippen LogP contribution in [0.4, 0.5) is 10.1 Å². The molecule has 0 saturated heterocycles. The Balaban J connectivity index is 2.01. The van der Waals surface area contributed by atoms with Gasteiger partial charge in [-0.05, 0) is 38.1 Å². The van der Waals surface area contributed by atoms with Crippen LogP contribution in [-0.4, -0.2) is 40.8 Å². The van der Waals surface area contributed by atoms with E-state index in [4.69, 9.17) is 4.74 Å². The quantitative estimate of drug-likeness (QED) is 0.836. The van der Waals surface area contributed by atoms with Gasteiger partial charge in [0, 0.05) is 13.6 Å². The molecule has 0 bridgehead atoms. The molecule has 0 saturated carbocycles. The third kappa shape index (κ3) is 4.57. The predicted molar refractivity (Wildman–Crippen MR) is 95.2 cm³/mol. The first-order valence-electron chi connectivity index (χ1n) is 8.20. The van der Waals surface area contributed by atoms with Crippen molar-refractivity contribution in [3.05, 3.63) is 41.0 Å². The van der Waals surface area contributed by atoms with Crippen LogP contribution in [0.3, 0.4) is 0 Å². The summed E-state index contributed by atoms with van der Waals surface area (Å²) in [6, 6.07) is 4.84. The van der Waals surface area contributed by atoms with Gasteiger partial charge in [0.05, 0.1) is 30.7 Å². The standard InChI is InChI=1S/C18H25FN4O2/c1-6-23(10-14-7-8-16(25-5)15(19)9-14)11-17(24)20-18-12(2)21-22(4)13(18)3/h7-9H,6,10-11H2,1-5H3,(H,20,24). The maximum Gasteiger partial charge on any atom is 0.238 e. The van der Waals surface area contributed by atoms with Crippen molar-refractivity contribution in [3.8, 4) is 5.75 Å². The predicted octanol–water partition coefficient (Wildman–Crippen LogP) is 2.65. The Hall–Kier alpha value is -2.41. The van der Waals surface area contributed by atoms with Crippen molar-refractivity contribution < 1.29 is 13.9 Å². The second kappa shape index (κ2) is 8.11. The van der Waals surface area contributed by atoms with Crippen molar-refractivity contribution in [2.75, 3.05) is 25.5 Å². The number of aryl methyl sites for hydroxylation is 2. The van der Waals surface area contributed by atoms with Crippen molar-refractivity contribution in [1.82, 2.24) is 14.7 Å². The van der Waals surface area contributed by atoms with Crippen LogP contribution in [0.25, 0.3) is 0 Å². The van der Waals surface area contributed by atoms with E-state index in [0.717, 1.165) is 22.6 Å². The lowest BCUT2D eigenvalue weighted by molar-refractivity contribution is -0.117. The Morgan fingerprint density at radius 1 is 1.40 bits per heavy atom. The van der Waals surface area contributed by atoms with E-state index < -0.39 is 5.82 Å². The Bertz CT molecular complexity index is 758. The molecule has 0 atom stereocenters. The molecule has 6 nitrogen and oxygen atoms in total. The number of hydrogen-bond donors (Lipinski definition) is 1. The summed E-state index contributed by atoms with van der Waals surface area (Å²) in [5, 5.41) is 7.21. The summed E-state index contributed by atoms with van der Waals surface area (Å²) in [4.78, 5) is 14.3. The minimum absolute atomic E-state index is 0.116. The number of rotatable bonds is 7. The molecule has 1 amide bonds. The van der Waals surface area contributed by atoms with Gasteiger partial charge in [0.2, 0.25) is 5.91 Å². The summed E-state index contributed by atoms with van der Waals surface area (Å²) in [6.45, 7) is 7.11. The van der Waals surface area contributed by atoms with Gasteiger partial charge in [-0.25, -0.2) is 4.39 Å². The number of anilines is 1. The van der Waals surface area contributed by atoms with Gasteiger partial charge in [-0.3, -0.25) is 14.4 Å². The van der Waals surface area contributed by atoms with E-state index in [1.807, 2.05) is 32.7 Å². The minimum atomic E-state index is -0.401. The van der Waals surface area contributed by atoms with E-state index in [2.05, 4.69) is 10.4 Å². The van der Waals surface area contributed by atoms with Gasteiger partial charge < -0.3 is 10.1 Å². The molecule has 0 aliphatic rings. The highest BCUT2D eigenvalue weighted by molar-refractivity contribution is 5.93. The smallest absolute Gasteiger partial charge is 0.238 e. The zero-order valence-electron chi connectivity index (χ0n) is 15.4.